The molecule has 116 valence electrons. The van der Waals surface area contributed by atoms with Gasteiger partial charge in [0.05, 0.1) is 19.1 Å². The lowest BCUT2D eigenvalue weighted by Crippen LogP contribution is -2.48. The van der Waals surface area contributed by atoms with Gasteiger partial charge in [-0.2, -0.15) is 0 Å². The molecule has 0 aliphatic heterocycles. The highest BCUT2D eigenvalue weighted by Crippen LogP contribution is 2.03. The largest absolute Gasteiger partial charge is 0.358 e. The second kappa shape index (κ2) is 9.47. The molecule has 20 heavy (non-hydrogen) atoms. The fourth-order valence-electron chi connectivity index (χ4n) is 1.97. The second-order valence-corrected chi connectivity index (χ2v) is 5.28. The lowest BCUT2D eigenvalue weighted by atomic mass is 10.0. The summed E-state index contributed by atoms with van der Waals surface area (Å²) >= 11 is 0. The van der Waals surface area contributed by atoms with Crippen LogP contribution < -0.4 is 10.6 Å². The van der Waals surface area contributed by atoms with Gasteiger partial charge in [0.15, 0.2) is 5.78 Å². The molecule has 6 heteroatoms. The molecule has 0 rings (SSSR count). The fourth-order valence-corrected chi connectivity index (χ4v) is 1.97. The van der Waals surface area contributed by atoms with Gasteiger partial charge in [-0.3, -0.25) is 19.3 Å². The molecule has 0 aromatic carbocycles. The van der Waals surface area contributed by atoms with Crippen LogP contribution in [0.2, 0.25) is 0 Å². The predicted molar refractivity (Wildman–Crippen MR) is 78.2 cm³/mol. The van der Waals surface area contributed by atoms with Gasteiger partial charge in [0.2, 0.25) is 11.8 Å². The van der Waals surface area contributed by atoms with Crippen molar-refractivity contribution in [1.82, 2.24) is 15.5 Å². The molecule has 0 radical (unpaired) electrons. The van der Waals surface area contributed by atoms with E-state index in [-0.39, 0.29) is 36.6 Å². The van der Waals surface area contributed by atoms with Gasteiger partial charge < -0.3 is 10.6 Å². The zero-order valence-electron chi connectivity index (χ0n) is 13.2. The van der Waals surface area contributed by atoms with Crippen molar-refractivity contribution in [3.63, 3.8) is 0 Å². The number of nitrogens with one attached hydrogen (secondary N) is 2. The zero-order valence-corrected chi connectivity index (χ0v) is 13.2. The number of hydrogen-bond donors (Lipinski definition) is 2. The van der Waals surface area contributed by atoms with Crippen molar-refractivity contribution in [2.24, 2.45) is 5.92 Å². The molecule has 0 heterocycles. The number of carbonyl (C=O) groups is 3. The Morgan fingerprint density at radius 2 is 1.65 bits per heavy atom. The average Bonchev–Trinajstić information content (AvgIpc) is 2.35. The molecule has 0 aromatic rings. The molecule has 2 N–H and O–H groups in total. The number of ketones is 1. The van der Waals surface area contributed by atoms with Gasteiger partial charge >= 0.3 is 0 Å². The molecule has 6 nitrogen and oxygen atoms in total. The maximum absolute atomic E-state index is 12.0. The number of rotatable bonds is 9. The van der Waals surface area contributed by atoms with E-state index in [9.17, 15) is 14.4 Å². The van der Waals surface area contributed by atoms with Crippen LogP contribution in [0.4, 0.5) is 0 Å². The Kier molecular flexibility index (Phi) is 8.79. The third kappa shape index (κ3) is 7.23. The Labute approximate surface area is 121 Å². The summed E-state index contributed by atoms with van der Waals surface area (Å²) < 4.78 is 0. The van der Waals surface area contributed by atoms with E-state index in [1.165, 1.54) is 6.92 Å². The molecular formula is C14H27N3O3. The van der Waals surface area contributed by atoms with Crippen LogP contribution in [-0.2, 0) is 14.4 Å². The summed E-state index contributed by atoms with van der Waals surface area (Å²) in [4.78, 5) is 36.6. The quantitative estimate of drug-likeness (QED) is 0.633. The summed E-state index contributed by atoms with van der Waals surface area (Å²) in [6.07, 6.45) is 0.852. The highest BCUT2D eigenvalue weighted by Gasteiger charge is 2.22. The van der Waals surface area contributed by atoms with Gasteiger partial charge in [0.1, 0.15) is 0 Å². The van der Waals surface area contributed by atoms with Gasteiger partial charge in [-0.1, -0.05) is 20.8 Å². The third-order valence-corrected chi connectivity index (χ3v) is 2.97. The van der Waals surface area contributed by atoms with E-state index in [2.05, 4.69) is 10.6 Å². The third-order valence-electron chi connectivity index (χ3n) is 2.97. The maximum Gasteiger partial charge on any atom is 0.234 e. The van der Waals surface area contributed by atoms with Crippen LogP contribution in [0.3, 0.4) is 0 Å². The Bertz CT molecular complexity index is 343. The van der Waals surface area contributed by atoms with E-state index >= 15 is 0 Å². The van der Waals surface area contributed by atoms with E-state index < -0.39 is 6.04 Å². The molecular weight excluding hydrogens is 258 g/mol. The molecule has 1 unspecified atom stereocenters. The van der Waals surface area contributed by atoms with Gasteiger partial charge in [0, 0.05) is 7.05 Å². The number of Topliss-reactive ketones (excluding diaryl/α,β-unsaturated/α-hetero) is 1. The standard InChI is InChI=1S/C14H27N3O3/c1-6-7-17(8-12(19)15-5)9-13(20)16-14(10(2)3)11(4)18/h10,14H,6-9H2,1-5H3,(H,15,19)(H,16,20). The summed E-state index contributed by atoms with van der Waals surface area (Å²) in [6.45, 7) is 8.21. The topological polar surface area (TPSA) is 78.5 Å². The van der Waals surface area contributed by atoms with Crippen LogP contribution in [0.5, 0.6) is 0 Å². The lowest BCUT2D eigenvalue weighted by molar-refractivity contribution is -0.129. The normalized spacial score (nSPS) is 12.3. The van der Waals surface area contributed by atoms with Crippen molar-refractivity contribution in [3.8, 4) is 0 Å². The van der Waals surface area contributed by atoms with Crippen molar-refractivity contribution in [2.75, 3.05) is 26.7 Å². The van der Waals surface area contributed by atoms with Crippen molar-refractivity contribution in [3.05, 3.63) is 0 Å². The number of nitrogens with zero attached hydrogens (tertiary/aromatic N) is 1. The summed E-state index contributed by atoms with van der Waals surface area (Å²) in [7, 11) is 1.57. The minimum absolute atomic E-state index is 0.0509. The van der Waals surface area contributed by atoms with Crippen molar-refractivity contribution < 1.29 is 14.4 Å². The van der Waals surface area contributed by atoms with E-state index in [1.807, 2.05) is 20.8 Å². The van der Waals surface area contributed by atoms with Crippen LogP contribution in [0.1, 0.15) is 34.1 Å². The monoisotopic (exact) mass is 285 g/mol. The zero-order chi connectivity index (χ0) is 15.7. The van der Waals surface area contributed by atoms with E-state index in [0.29, 0.717) is 6.54 Å². The van der Waals surface area contributed by atoms with Crippen molar-refractivity contribution in [1.29, 1.82) is 0 Å². The molecule has 1 atom stereocenters. The maximum atomic E-state index is 12.0. The Balaban J connectivity index is 4.51. The average molecular weight is 285 g/mol. The molecule has 0 aliphatic rings. The number of amides is 2. The smallest absolute Gasteiger partial charge is 0.234 e. The summed E-state index contributed by atoms with van der Waals surface area (Å²) in [5, 5.41) is 5.27. The Morgan fingerprint density at radius 1 is 1.10 bits per heavy atom. The van der Waals surface area contributed by atoms with Gasteiger partial charge in [-0.25, -0.2) is 0 Å². The minimum Gasteiger partial charge on any atom is -0.358 e. The second-order valence-electron chi connectivity index (χ2n) is 5.28. The van der Waals surface area contributed by atoms with E-state index in [0.717, 1.165) is 6.42 Å². The van der Waals surface area contributed by atoms with Crippen LogP contribution in [-0.4, -0.2) is 55.2 Å². The van der Waals surface area contributed by atoms with Crippen LogP contribution in [0, 0.1) is 5.92 Å². The van der Waals surface area contributed by atoms with Crippen LogP contribution in [0.25, 0.3) is 0 Å². The van der Waals surface area contributed by atoms with E-state index in [4.69, 9.17) is 0 Å². The first-order valence-corrected chi connectivity index (χ1v) is 7.04. The molecule has 0 fully saturated rings. The summed E-state index contributed by atoms with van der Waals surface area (Å²) in [5.41, 5.74) is 0. The highest BCUT2D eigenvalue weighted by molar-refractivity contribution is 5.88. The molecule has 0 spiro atoms. The molecule has 0 saturated carbocycles. The van der Waals surface area contributed by atoms with Gasteiger partial charge in [-0.05, 0) is 25.8 Å². The number of hydrogen-bond acceptors (Lipinski definition) is 4. The predicted octanol–water partition coefficient (Wildman–Crippen LogP) is 0.174. The van der Waals surface area contributed by atoms with Crippen LogP contribution >= 0.6 is 0 Å². The van der Waals surface area contributed by atoms with E-state index in [1.54, 1.807) is 11.9 Å². The molecule has 0 aliphatic carbocycles. The first kappa shape index (κ1) is 18.6. The highest BCUT2D eigenvalue weighted by atomic mass is 16.2. The number of carbonyl (C=O) groups excluding carboxylic acids is 3. The first-order chi connectivity index (χ1) is 9.31. The fraction of sp³-hybridized carbons (Fsp3) is 0.786. The number of likely N-dealkylation sites (N-methyl/N-ethyl adjacent to an activating group) is 1. The minimum atomic E-state index is -0.467. The first-order valence-electron chi connectivity index (χ1n) is 7.04. The van der Waals surface area contributed by atoms with Crippen molar-refractivity contribution in [2.45, 2.75) is 40.2 Å². The molecule has 0 bridgehead atoms. The molecule has 0 saturated heterocycles. The van der Waals surface area contributed by atoms with Crippen LogP contribution in [0.15, 0.2) is 0 Å². The SMILES string of the molecule is CCCN(CC(=O)NC)CC(=O)NC(C(C)=O)C(C)C. The lowest BCUT2D eigenvalue weighted by Gasteiger charge is -2.23. The summed E-state index contributed by atoms with van der Waals surface area (Å²) in [5.74, 6) is -0.355. The van der Waals surface area contributed by atoms with Gasteiger partial charge in [-0.15, -0.1) is 0 Å². The molecule has 2 amide bonds. The Morgan fingerprint density at radius 3 is 2.05 bits per heavy atom. The van der Waals surface area contributed by atoms with Gasteiger partial charge in [0.25, 0.3) is 0 Å². The summed E-state index contributed by atoms with van der Waals surface area (Å²) in [6, 6.07) is -0.467. The molecule has 0 aromatic heterocycles. The van der Waals surface area contributed by atoms with Crippen molar-refractivity contribution >= 4 is 17.6 Å². The Hall–Kier alpha value is -1.43.